The van der Waals surface area contributed by atoms with Gasteiger partial charge < -0.3 is 19.1 Å². The Hall–Kier alpha value is -2.39. The molecule has 6 unspecified atom stereocenters. The van der Waals surface area contributed by atoms with Crippen molar-refractivity contribution in [3.63, 3.8) is 0 Å². The summed E-state index contributed by atoms with van der Waals surface area (Å²) in [6, 6.07) is 12.0. The molecule has 2 bridgehead atoms. The van der Waals surface area contributed by atoms with Crippen molar-refractivity contribution in [2.75, 3.05) is 44.4 Å². The van der Waals surface area contributed by atoms with Crippen molar-refractivity contribution in [1.82, 2.24) is 4.72 Å². The highest BCUT2D eigenvalue weighted by Gasteiger charge is 2.44. The smallest absolute Gasteiger partial charge is 0.263 e. The number of benzene rings is 2. The van der Waals surface area contributed by atoms with E-state index in [2.05, 4.69) is 40.8 Å². The number of hydrogen-bond donors (Lipinski definition) is 1. The van der Waals surface area contributed by atoms with E-state index in [-0.39, 0.29) is 28.6 Å². The number of carbonyl (C=O) groups excluding carboxylic acids is 1. The molecule has 3 aliphatic heterocycles. The molecule has 2 aromatic rings. The molecule has 47 heavy (non-hydrogen) atoms. The molecule has 7 rings (SSSR count). The normalized spacial score (nSPS) is 33.9. The number of amides is 1. The number of ether oxygens (including phenoxy) is 3. The molecule has 1 spiro atoms. The van der Waals surface area contributed by atoms with Crippen molar-refractivity contribution < 1.29 is 23.2 Å². The number of carbonyl (C=O) groups is 1. The third-order valence-corrected chi connectivity index (χ3v) is 13.4. The van der Waals surface area contributed by atoms with Gasteiger partial charge in [-0.1, -0.05) is 36.7 Å². The standard InChI is InChI=1S/C38H49ClN2O5S/c1-25-5-3-7-35(45-22-27-14-17-44-18-15-27)32-11-8-30(32)21-41-23-38(16-4-6-28-19-31(39)10-12-33(28)38)24-46-36-13-9-29(20-34(36)41)37(42)40-47(43)26(25)2/h3,7,9-10,12-13,19-20,25-27,30,32,35H,4-6,8,11,14-18,21-24H2,1-2H3,(H,40,42)/b7-3+/t25?,26?,30?,32?,35?,38-,47?/m0/s1. The average Bonchev–Trinajstić information content (AvgIpc) is 3.21. The van der Waals surface area contributed by atoms with Gasteiger partial charge in [-0.3, -0.25) is 9.52 Å². The lowest BCUT2D eigenvalue weighted by Crippen LogP contribution is -2.49. The van der Waals surface area contributed by atoms with Crippen LogP contribution in [-0.2, 0) is 32.3 Å². The van der Waals surface area contributed by atoms with Gasteiger partial charge >= 0.3 is 0 Å². The second kappa shape index (κ2) is 14.2. The fraction of sp³-hybridized carbons (Fsp3) is 0.605. The summed E-state index contributed by atoms with van der Waals surface area (Å²) in [6.45, 7) is 8.70. The second-order valence-electron chi connectivity index (χ2n) is 14.7. The van der Waals surface area contributed by atoms with Gasteiger partial charge in [-0.25, -0.2) is 4.21 Å². The SMILES string of the molecule is CC1C/C=C/C(OCC2CCOCC2)C2CCC2CN2C[C@@]3(CCCc4cc(Cl)ccc43)COc3ccc(cc32)C(=O)NS(=O)C1C. The zero-order valence-electron chi connectivity index (χ0n) is 27.8. The van der Waals surface area contributed by atoms with Gasteiger partial charge in [0.1, 0.15) is 16.7 Å². The number of fused-ring (bicyclic) bond motifs is 4. The Morgan fingerprint density at radius 3 is 2.77 bits per heavy atom. The Balaban J connectivity index is 1.24. The minimum atomic E-state index is -1.52. The van der Waals surface area contributed by atoms with Crippen LogP contribution in [0, 0.1) is 23.7 Å². The van der Waals surface area contributed by atoms with Crippen LogP contribution in [0.4, 0.5) is 5.69 Å². The predicted molar refractivity (Wildman–Crippen MR) is 188 cm³/mol. The molecular weight excluding hydrogens is 632 g/mol. The van der Waals surface area contributed by atoms with E-state index in [1.165, 1.54) is 11.1 Å². The van der Waals surface area contributed by atoms with E-state index in [1.54, 1.807) is 0 Å². The van der Waals surface area contributed by atoms with Crippen molar-refractivity contribution in [2.45, 2.75) is 82.0 Å². The molecule has 1 amide bonds. The number of halogens is 1. The summed E-state index contributed by atoms with van der Waals surface area (Å²) < 4.78 is 35.2. The quantitative estimate of drug-likeness (QED) is 0.351. The Morgan fingerprint density at radius 2 is 1.96 bits per heavy atom. The van der Waals surface area contributed by atoms with Gasteiger partial charge in [-0.2, -0.15) is 0 Å². The van der Waals surface area contributed by atoms with Gasteiger partial charge in [0.15, 0.2) is 0 Å². The van der Waals surface area contributed by atoms with Crippen molar-refractivity contribution in [2.24, 2.45) is 23.7 Å². The lowest BCUT2D eigenvalue weighted by atomic mass is 9.68. The van der Waals surface area contributed by atoms with E-state index < -0.39 is 11.0 Å². The molecular formula is C38H49ClN2O5S. The molecule has 1 saturated heterocycles. The van der Waals surface area contributed by atoms with Crippen molar-refractivity contribution in [3.05, 3.63) is 70.3 Å². The molecule has 2 fully saturated rings. The number of hydrogen-bond acceptors (Lipinski definition) is 6. The predicted octanol–water partition coefficient (Wildman–Crippen LogP) is 7.03. The first kappa shape index (κ1) is 33.1. The summed E-state index contributed by atoms with van der Waals surface area (Å²) in [4.78, 5) is 16.0. The highest BCUT2D eigenvalue weighted by Crippen LogP contribution is 2.47. The highest BCUT2D eigenvalue weighted by atomic mass is 35.5. The molecule has 3 heterocycles. The first-order valence-corrected chi connectivity index (χ1v) is 19.3. The number of allylic oxidation sites excluding steroid dienone is 1. The Bertz CT molecular complexity index is 1510. The fourth-order valence-electron chi connectivity index (χ4n) is 8.35. The largest absolute Gasteiger partial charge is 0.490 e. The third-order valence-electron chi connectivity index (χ3n) is 11.7. The highest BCUT2D eigenvalue weighted by molar-refractivity contribution is 7.84. The summed E-state index contributed by atoms with van der Waals surface area (Å²) in [5, 5.41) is 0.576. The molecule has 9 heteroatoms. The zero-order chi connectivity index (χ0) is 32.5. The minimum Gasteiger partial charge on any atom is -0.490 e. The number of anilines is 1. The van der Waals surface area contributed by atoms with Gasteiger partial charge in [0.2, 0.25) is 0 Å². The summed E-state index contributed by atoms with van der Waals surface area (Å²) in [5.41, 5.74) is 3.90. The third kappa shape index (κ3) is 7.03. The summed E-state index contributed by atoms with van der Waals surface area (Å²) in [6.07, 6.45) is 12.9. The number of nitrogens with one attached hydrogen (secondary N) is 1. The van der Waals surface area contributed by atoms with Crippen LogP contribution in [0.25, 0.3) is 0 Å². The van der Waals surface area contributed by atoms with Crippen molar-refractivity contribution in [3.8, 4) is 5.75 Å². The van der Waals surface area contributed by atoms with E-state index in [9.17, 15) is 9.00 Å². The van der Waals surface area contributed by atoms with E-state index in [0.29, 0.717) is 29.9 Å². The molecule has 7 atom stereocenters. The Labute approximate surface area is 287 Å². The molecule has 0 radical (unpaired) electrons. The van der Waals surface area contributed by atoms with E-state index in [1.807, 2.05) is 31.2 Å². The molecule has 254 valence electrons. The number of rotatable bonds is 3. The lowest BCUT2D eigenvalue weighted by Gasteiger charge is -2.46. The van der Waals surface area contributed by atoms with Gasteiger partial charge in [0, 0.05) is 42.3 Å². The second-order valence-corrected chi connectivity index (χ2v) is 16.7. The van der Waals surface area contributed by atoms with Crippen LogP contribution in [0.1, 0.15) is 80.3 Å². The molecule has 5 aliphatic rings. The van der Waals surface area contributed by atoms with Gasteiger partial charge in [0.25, 0.3) is 5.91 Å². The van der Waals surface area contributed by atoms with E-state index in [4.69, 9.17) is 25.8 Å². The minimum absolute atomic E-state index is 0.0396. The molecule has 0 aromatic heterocycles. The Morgan fingerprint density at radius 1 is 1.11 bits per heavy atom. The van der Waals surface area contributed by atoms with Crippen LogP contribution in [0.2, 0.25) is 5.02 Å². The van der Waals surface area contributed by atoms with Crippen LogP contribution < -0.4 is 14.4 Å². The number of nitrogens with zero attached hydrogens (tertiary/aromatic N) is 1. The summed E-state index contributed by atoms with van der Waals surface area (Å²) in [7, 11) is -1.52. The summed E-state index contributed by atoms with van der Waals surface area (Å²) >= 11 is 6.47. The molecule has 2 aliphatic carbocycles. The molecule has 1 N–H and O–H groups in total. The molecule has 1 saturated carbocycles. The van der Waals surface area contributed by atoms with Crippen molar-refractivity contribution in [1.29, 1.82) is 0 Å². The van der Waals surface area contributed by atoms with Crippen LogP contribution >= 0.6 is 11.6 Å². The average molecular weight is 681 g/mol. The molecule has 2 aromatic carbocycles. The van der Waals surface area contributed by atoms with Gasteiger partial charge in [-0.15, -0.1) is 0 Å². The monoisotopic (exact) mass is 680 g/mol. The van der Waals surface area contributed by atoms with Crippen LogP contribution in [-0.4, -0.2) is 61.0 Å². The van der Waals surface area contributed by atoms with E-state index in [0.717, 1.165) is 101 Å². The van der Waals surface area contributed by atoms with Gasteiger partial charge in [0.05, 0.1) is 30.3 Å². The van der Waals surface area contributed by atoms with Crippen LogP contribution in [0.3, 0.4) is 0 Å². The summed E-state index contributed by atoms with van der Waals surface area (Å²) in [5.74, 6) is 2.01. The van der Waals surface area contributed by atoms with Gasteiger partial charge in [-0.05, 0) is 123 Å². The Kier molecular flexibility index (Phi) is 10.0. The lowest BCUT2D eigenvalue weighted by molar-refractivity contribution is -0.0450. The molecule has 7 nitrogen and oxygen atoms in total. The maximum Gasteiger partial charge on any atom is 0.263 e. The zero-order valence-corrected chi connectivity index (χ0v) is 29.3. The van der Waals surface area contributed by atoms with E-state index >= 15 is 0 Å². The number of aryl methyl sites for hydroxylation is 1. The van der Waals surface area contributed by atoms with Crippen LogP contribution in [0.5, 0.6) is 5.75 Å². The first-order chi connectivity index (χ1) is 22.8. The maximum absolute atomic E-state index is 13.5. The topological polar surface area (TPSA) is 77.1 Å². The fourth-order valence-corrected chi connectivity index (χ4v) is 9.56. The van der Waals surface area contributed by atoms with Crippen LogP contribution in [0.15, 0.2) is 48.6 Å². The maximum atomic E-state index is 13.5. The first-order valence-electron chi connectivity index (χ1n) is 17.7. The van der Waals surface area contributed by atoms with Crippen molar-refractivity contribution >= 4 is 34.2 Å².